The van der Waals surface area contributed by atoms with Crippen LogP contribution in [0.2, 0.25) is 0 Å². The molecule has 0 rings (SSSR count). The molecule has 0 radical (unpaired) electrons. The number of nitrogens with zero attached hydrogens (tertiary/aromatic N) is 1. The van der Waals surface area contributed by atoms with Crippen molar-refractivity contribution in [2.45, 2.75) is 25.4 Å². The van der Waals surface area contributed by atoms with Crippen LogP contribution in [0.15, 0.2) is 0 Å². The van der Waals surface area contributed by atoms with Gasteiger partial charge >= 0.3 is 6.18 Å². The van der Waals surface area contributed by atoms with Gasteiger partial charge in [0.2, 0.25) is 0 Å². The van der Waals surface area contributed by atoms with E-state index in [1.165, 1.54) is 4.90 Å². The summed E-state index contributed by atoms with van der Waals surface area (Å²) < 4.78 is 36.2. The van der Waals surface area contributed by atoms with Crippen molar-refractivity contribution in [3.8, 4) is 0 Å². The van der Waals surface area contributed by atoms with E-state index in [1.54, 1.807) is 0 Å². The normalized spacial score (nSPS) is 12.4. The Kier molecular flexibility index (Phi) is 8.19. The van der Waals surface area contributed by atoms with Gasteiger partial charge in [0.1, 0.15) is 0 Å². The van der Waals surface area contributed by atoms with Gasteiger partial charge in [-0.1, -0.05) is 6.42 Å². The Balaban J connectivity index is 3.73. The summed E-state index contributed by atoms with van der Waals surface area (Å²) in [5, 5.41) is 8.61. The minimum Gasteiger partial charge on any atom is -0.395 e. The number of aliphatic hydroxyl groups is 1. The van der Waals surface area contributed by atoms with Crippen molar-refractivity contribution in [3.63, 3.8) is 0 Å². The predicted molar refractivity (Wildman–Crippen MR) is 54.2 cm³/mol. The van der Waals surface area contributed by atoms with E-state index in [-0.39, 0.29) is 13.2 Å². The number of alkyl halides is 4. The molecular formula is C9H17ClF3NO. The van der Waals surface area contributed by atoms with E-state index in [0.29, 0.717) is 18.8 Å². The van der Waals surface area contributed by atoms with E-state index < -0.39 is 12.7 Å². The Morgan fingerprint density at radius 3 is 2.20 bits per heavy atom. The molecule has 0 aromatic heterocycles. The van der Waals surface area contributed by atoms with Crippen LogP contribution in [0.25, 0.3) is 0 Å². The van der Waals surface area contributed by atoms with Crippen molar-refractivity contribution in [3.05, 3.63) is 0 Å². The molecule has 0 aliphatic rings. The number of unbranched alkanes of at least 4 members (excludes halogenated alkanes) is 2. The Labute approximate surface area is 93.0 Å². The minimum absolute atomic E-state index is 0.0698. The van der Waals surface area contributed by atoms with Crippen molar-refractivity contribution in [1.29, 1.82) is 0 Å². The van der Waals surface area contributed by atoms with E-state index >= 15 is 0 Å². The fourth-order valence-corrected chi connectivity index (χ4v) is 1.46. The first-order valence-electron chi connectivity index (χ1n) is 4.95. The van der Waals surface area contributed by atoms with Crippen molar-refractivity contribution < 1.29 is 18.3 Å². The summed E-state index contributed by atoms with van der Waals surface area (Å²) >= 11 is 5.45. The lowest BCUT2D eigenvalue weighted by Gasteiger charge is -2.22. The summed E-state index contributed by atoms with van der Waals surface area (Å²) in [7, 11) is 0. The highest BCUT2D eigenvalue weighted by atomic mass is 35.5. The molecule has 92 valence electrons. The molecule has 2 nitrogen and oxygen atoms in total. The lowest BCUT2D eigenvalue weighted by atomic mass is 10.2. The molecule has 0 aromatic carbocycles. The maximum absolute atomic E-state index is 12.1. The smallest absolute Gasteiger partial charge is 0.395 e. The summed E-state index contributed by atoms with van der Waals surface area (Å²) in [6, 6.07) is 0. The summed E-state index contributed by atoms with van der Waals surface area (Å²) in [6.07, 6.45) is -1.87. The van der Waals surface area contributed by atoms with Gasteiger partial charge in [-0.2, -0.15) is 13.2 Å². The van der Waals surface area contributed by atoms with E-state index in [2.05, 4.69) is 0 Å². The molecular weight excluding hydrogens is 231 g/mol. The zero-order chi connectivity index (χ0) is 11.7. The Hall–Kier alpha value is -0.0000000000000000555. The molecule has 6 heteroatoms. The molecule has 0 bridgehead atoms. The maximum atomic E-state index is 12.1. The fourth-order valence-electron chi connectivity index (χ4n) is 1.27. The standard InChI is InChI=1S/C9H17ClF3NO/c10-4-2-1-3-5-14(6-7-15)8-9(11,12)13/h15H,1-8H2. The van der Waals surface area contributed by atoms with Crippen LogP contribution in [0.5, 0.6) is 0 Å². The van der Waals surface area contributed by atoms with Crippen LogP contribution >= 0.6 is 11.6 Å². The molecule has 0 aromatic rings. The summed E-state index contributed by atoms with van der Waals surface area (Å²) in [5.74, 6) is 0.541. The van der Waals surface area contributed by atoms with Crippen molar-refractivity contribution in [2.24, 2.45) is 0 Å². The van der Waals surface area contributed by atoms with Crippen LogP contribution in [-0.2, 0) is 0 Å². The second-order valence-electron chi connectivity index (χ2n) is 3.36. The largest absolute Gasteiger partial charge is 0.401 e. The number of aliphatic hydroxyl groups excluding tert-OH is 1. The highest BCUT2D eigenvalue weighted by Crippen LogP contribution is 2.16. The third kappa shape index (κ3) is 10.3. The van der Waals surface area contributed by atoms with E-state index in [1.807, 2.05) is 0 Å². The summed E-state index contributed by atoms with van der Waals surface area (Å²) in [4.78, 5) is 1.22. The fraction of sp³-hybridized carbons (Fsp3) is 1.00. The molecule has 0 saturated heterocycles. The molecule has 0 unspecified atom stereocenters. The van der Waals surface area contributed by atoms with Crippen LogP contribution in [-0.4, -0.2) is 48.3 Å². The van der Waals surface area contributed by atoms with E-state index in [0.717, 1.165) is 12.8 Å². The van der Waals surface area contributed by atoms with Gasteiger partial charge in [0.25, 0.3) is 0 Å². The molecule has 1 N–H and O–H groups in total. The van der Waals surface area contributed by atoms with Crippen molar-refractivity contribution in [1.82, 2.24) is 4.90 Å². The Morgan fingerprint density at radius 1 is 1.07 bits per heavy atom. The highest BCUT2D eigenvalue weighted by Gasteiger charge is 2.30. The Bertz CT molecular complexity index is 155. The molecule has 0 fully saturated rings. The maximum Gasteiger partial charge on any atom is 0.401 e. The summed E-state index contributed by atoms with van der Waals surface area (Å²) in [5.41, 5.74) is 0. The monoisotopic (exact) mass is 247 g/mol. The van der Waals surface area contributed by atoms with E-state index in [9.17, 15) is 13.2 Å². The lowest BCUT2D eigenvalue weighted by Crippen LogP contribution is -2.36. The van der Waals surface area contributed by atoms with Crippen LogP contribution in [0.4, 0.5) is 13.2 Å². The number of rotatable bonds is 8. The van der Waals surface area contributed by atoms with Gasteiger partial charge in [0, 0.05) is 12.4 Å². The average Bonchev–Trinajstić information content (AvgIpc) is 2.10. The predicted octanol–water partition coefficient (Wildman–Crippen LogP) is 2.25. The van der Waals surface area contributed by atoms with Gasteiger partial charge in [-0.25, -0.2) is 0 Å². The SMILES string of the molecule is OCCN(CCCCCCl)CC(F)(F)F. The number of hydrogen-bond acceptors (Lipinski definition) is 2. The first-order chi connectivity index (χ1) is 6.99. The third-order valence-corrected chi connectivity index (χ3v) is 2.19. The van der Waals surface area contributed by atoms with Gasteiger partial charge in [-0.3, -0.25) is 4.90 Å². The van der Waals surface area contributed by atoms with Crippen LogP contribution in [0.1, 0.15) is 19.3 Å². The van der Waals surface area contributed by atoms with Crippen molar-refractivity contribution >= 4 is 11.6 Å². The molecule has 15 heavy (non-hydrogen) atoms. The number of hydrogen-bond donors (Lipinski definition) is 1. The van der Waals surface area contributed by atoms with Gasteiger partial charge in [-0.05, 0) is 19.4 Å². The molecule has 0 atom stereocenters. The van der Waals surface area contributed by atoms with Crippen LogP contribution < -0.4 is 0 Å². The van der Waals surface area contributed by atoms with Crippen LogP contribution in [0.3, 0.4) is 0 Å². The molecule has 0 heterocycles. The quantitative estimate of drug-likeness (QED) is 0.525. The molecule has 0 saturated carbocycles. The number of halogens is 4. The Morgan fingerprint density at radius 2 is 1.73 bits per heavy atom. The molecule has 0 amide bonds. The zero-order valence-electron chi connectivity index (χ0n) is 8.56. The summed E-state index contributed by atoms with van der Waals surface area (Å²) in [6.45, 7) is -0.767. The second-order valence-corrected chi connectivity index (χ2v) is 3.74. The molecule has 0 aliphatic heterocycles. The first kappa shape index (κ1) is 15.0. The first-order valence-corrected chi connectivity index (χ1v) is 5.49. The van der Waals surface area contributed by atoms with Crippen LogP contribution in [0, 0.1) is 0 Å². The van der Waals surface area contributed by atoms with Crippen molar-refractivity contribution in [2.75, 3.05) is 32.1 Å². The molecule has 0 spiro atoms. The second kappa shape index (κ2) is 8.19. The third-order valence-electron chi connectivity index (χ3n) is 1.93. The van der Waals surface area contributed by atoms with E-state index in [4.69, 9.17) is 16.7 Å². The van der Waals surface area contributed by atoms with Gasteiger partial charge in [0.15, 0.2) is 0 Å². The highest BCUT2D eigenvalue weighted by molar-refractivity contribution is 6.17. The topological polar surface area (TPSA) is 23.5 Å². The zero-order valence-corrected chi connectivity index (χ0v) is 9.32. The van der Waals surface area contributed by atoms with Gasteiger partial charge in [0.05, 0.1) is 13.2 Å². The van der Waals surface area contributed by atoms with Gasteiger partial charge < -0.3 is 5.11 Å². The molecule has 0 aliphatic carbocycles. The van der Waals surface area contributed by atoms with Gasteiger partial charge in [-0.15, -0.1) is 11.6 Å². The minimum atomic E-state index is -4.19. The lowest BCUT2D eigenvalue weighted by molar-refractivity contribution is -0.146. The average molecular weight is 248 g/mol.